The first-order chi connectivity index (χ1) is 8.89. The van der Waals surface area contributed by atoms with Crippen molar-refractivity contribution in [2.24, 2.45) is 5.73 Å². The highest BCUT2D eigenvalue weighted by molar-refractivity contribution is 7.97. The van der Waals surface area contributed by atoms with Crippen LogP contribution in [0.2, 0.25) is 0 Å². The third-order valence-electron chi connectivity index (χ3n) is 3.17. The summed E-state index contributed by atoms with van der Waals surface area (Å²) in [6.07, 6.45) is 0.803. The molecule has 0 fully saturated rings. The van der Waals surface area contributed by atoms with Crippen LogP contribution in [0.15, 0.2) is 34.1 Å². The molecule has 0 aromatic heterocycles. The van der Waals surface area contributed by atoms with Crippen molar-refractivity contribution < 1.29 is 13.2 Å². The van der Waals surface area contributed by atoms with Crippen LogP contribution in [0, 0.1) is 0 Å². The molecular formula is C13H16N2O3S. The molecule has 0 saturated heterocycles. The molecule has 3 N–H and O–H groups in total. The summed E-state index contributed by atoms with van der Waals surface area (Å²) < 4.78 is 24.6. The Morgan fingerprint density at radius 3 is 2.58 bits per heavy atom. The van der Waals surface area contributed by atoms with E-state index in [0.29, 0.717) is 11.3 Å². The molecule has 1 heterocycles. The summed E-state index contributed by atoms with van der Waals surface area (Å²) in [6.45, 7) is 3.89. The normalized spacial score (nSPS) is 18.0. The van der Waals surface area contributed by atoms with E-state index in [1.165, 1.54) is 6.07 Å². The number of nitrogens with two attached hydrogens (primary N) is 1. The Morgan fingerprint density at radius 1 is 1.37 bits per heavy atom. The Hall–Kier alpha value is -1.82. The minimum Gasteiger partial charge on any atom is -0.381 e. The maximum atomic E-state index is 12.3. The van der Waals surface area contributed by atoms with Gasteiger partial charge in [0.25, 0.3) is 5.91 Å². The van der Waals surface area contributed by atoms with Crippen LogP contribution < -0.4 is 11.1 Å². The van der Waals surface area contributed by atoms with Crippen LogP contribution in [0.4, 0.5) is 0 Å². The number of benzene rings is 1. The van der Waals surface area contributed by atoms with Crippen molar-refractivity contribution in [3.05, 3.63) is 34.7 Å². The van der Waals surface area contributed by atoms with Gasteiger partial charge in [-0.05, 0) is 19.4 Å². The highest BCUT2D eigenvalue weighted by Gasteiger charge is 2.38. The predicted molar refractivity (Wildman–Crippen MR) is 72.6 cm³/mol. The van der Waals surface area contributed by atoms with Crippen molar-refractivity contribution in [1.82, 2.24) is 5.32 Å². The van der Waals surface area contributed by atoms with Crippen LogP contribution in [-0.4, -0.2) is 20.4 Å². The molecule has 19 heavy (non-hydrogen) atoms. The molecule has 1 amide bonds. The van der Waals surface area contributed by atoms with Gasteiger partial charge in [-0.3, -0.25) is 4.79 Å². The Balaban J connectivity index is 2.68. The Bertz CT molecular complexity index is 662. The van der Waals surface area contributed by atoms with Gasteiger partial charge < -0.3 is 11.1 Å². The molecule has 0 aliphatic carbocycles. The van der Waals surface area contributed by atoms with Crippen molar-refractivity contribution in [1.29, 1.82) is 0 Å². The number of primary amides is 1. The van der Waals surface area contributed by atoms with Crippen molar-refractivity contribution in [3.8, 4) is 0 Å². The van der Waals surface area contributed by atoms with Crippen molar-refractivity contribution in [2.75, 3.05) is 0 Å². The molecule has 6 heteroatoms. The third-order valence-corrected chi connectivity index (χ3v) is 5.05. The van der Waals surface area contributed by atoms with Gasteiger partial charge in [0.05, 0.1) is 10.6 Å². The molecule has 2 rings (SSSR count). The molecule has 0 saturated carbocycles. The minimum atomic E-state index is -3.81. The maximum Gasteiger partial charge on any atom is 0.262 e. The highest BCUT2D eigenvalue weighted by atomic mass is 32.2. The number of hydrogen-bond donors (Lipinski definition) is 2. The van der Waals surface area contributed by atoms with Crippen LogP contribution in [0.1, 0.15) is 25.8 Å². The fourth-order valence-corrected chi connectivity index (χ4v) is 3.66. The second-order valence-electron chi connectivity index (χ2n) is 4.52. The molecular weight excluding hydrogens is 264 g/mol. The summed E-state index contributed by atoms with van der Waals surface area (Å²) in [5.41, 5.74) is 6.07. The van der Waals surface area contributed by atoms with E-state index >= 15 is 0 Å². The van der Waals surface area contributed by atoms with E-state index in [-0.39, 0.29) is 15.8 Å². The summed E-state index contributed by atoms with van der Waals surface area (Å²) in [7, 11) is -3.81. The van der Waals surface area contributed by atoms with Gasteiger partial charge in [-0.2, -0.15) is 0 Å². The highest BCUT2D eigenvalue weighted by Crippen LogP contribution is 2.37. The van der Waals surface area contributed by atoms with Gasteiger partial charge in [0.1, 0.15) is 0 Å². The van der Waals surface area contributed by atoms with E-state index < -0.39 is 15.7 Å². The first kappa shape index (κ1) is 13.6. The Labute approximate surface area is 112 Å². The van der Waals surface area contributed by atoms with Crippen LogP contribution in [-0.2, 0) is 14.6 Å². The van der Waals surface area contributed by atoms with E-state index in [1.807, 2.05) is 13.8 Å². The zero-order valence-corrected chi connectivity index (χ0v) is 11.6. The van der Waals surface area contributed by atoms with E-state index in [9.17, 15) is 13.2 Å². The number of hydrogen-bond acceptors (Lipinski definition) is 4. The zero-order valence-electron chi connectivity index (χ0n) is 10.8. The summed E-state index contributed by atoms with van der Waals surface area (Å²) in [4.78, 5) is 11.3. The number of rotatable bonds is 4. The van der Waals surface area contributed by atoms with Gasteiger partial charge in [0.15, 0.2) is 4.91 Å². The second kappa shape index (κ2) is 4.70. The molecule has 5 nitrogen and oxygen atoms in total. The standard InChI is InChI=1S/C13H16N2O3S/c1-3-8(2)15-11-9-6-4-5-7-10(9)19(17,18)12(11)13(14)16/h4-8,15H,3H2,1-2H3,(H2,14,16)/t8-/m1/s1. The van der Waals surface area contributed by atoms with Gasteiger partial charge in [-0.15, -0.1) is 0 Å². The monoisotopic (exact) mass is 280 g/mol. The van der Waals surface area contributed by atoms with Gasteiger partial charge in [-0.1, -0.05) is 25.1 Å². The lowest BCUT2D eigenvalue weighted by molar-refractivity contribution is -0.113. The summed E-state index contributed by atoms with van der Waals surface area (Å²) in [6, 6.07) is 6.57. The Morgan fingerprint density at radius 2 is 2.00 bits per heavy atom. The van der Waals surface area contributed by atoms with Gasteiger partial charge in [0.2, 0.25) is 9.84 Å². The van der Waals surface area contributed by atoms with Crippen molar-refractivity contribution >= 4 is 21.4 Å². The molecule has 0 unspecified atom stereocenters. The summed E-state index contributed by atoms with van der Waals surface area (Å²) in [5, 5.41) is 3.07. The summed E-state index contributed by atoms with van der Waals surface area (Å²) in [5.74, 6) is -0.929. The summed E-state index contributed by atoms with van der Waals surface area (Å²) >= 11 is 0. The average Bonchev–Trinajstić information content (AvgIpc) is 2.58. The molecule has 0 bridgehead atoms. The number of fused-ring (bicyclic) bond motifs is 1. The van der Waals surface area contributed by atoms with Crippen molar-refractivity contribution in [2.45, 2.75) is 31.2 Å². The third kappa shape index (κ3) is 2.12. The van der Waals surface area contributed by atoms with Crippen LogP contribution in [0.3, 0.4) is 0 Å². The molecule has 0 spiro atoms. The van der Waals surface area contributed by atoms with Gasteiger partial charge in [0, 0.05) is 11.6 Å². The van der Waals surface area contributed by atoms with Gasteiger partial charge >= 0.3 is 0 Å². The lowest BCUT2D eigenvalue weighted by Gasteiger charge is -2.15. The minimum absolute atomic E-state index is 0.0470. The van der Waals surface area contributed by atoms with E-state index in [4.69, 9.17) is 5.73 Å². The van der Waals surface area contributed by atoms with E-state index in [0.717, 1.165) is 6.42 Å². The molecule has 1 aliphatic rings. The molecule has 1 aromatic rings. The number of carbonyl (C=O) groups is 1. The first-order valence-electron chi connectivity index (χ1n) is 6.04. The fraction of sp³-hybridized carbons (Fsp3) is 0.308. The topological polar surface area (TPSA) is 89.3 Å². The predicted octanol–water partition coefficient (Wildman–Crippen LogP) is 1.02. The lowest BCUT2D eigenvalue weighted by atomic mass is 10.1. The van der Waals surface area contributed by atoms with E-state index in [1.54, 1.807) is 18.2 Å². The van der Waals surface area contributed by atoms with Gasteiger partial charge in [-0.25, -0.2) is 8.42 Å². The molecule has 1 atom stereocenters. The van der Waals surface area contributed by atoms with E-state index in [2.05, 4.69) is 5.32 Å². The quantitative estimate of drug-likeness (QED) is 0.861. The molecule has 1 aromatic carbocycles. The Kier molecular flexibility index (Phi) is 3.36. The largest absolute Gasteiger partial charge is 0.381 e. The lowest BCUT2D eigenvalue weighted by Crippen LogP contribution is -2.27. The smallest absolute Gasteiger partial charge is 0.262 e. The molecule has 0 radical (unpaired) electrons. The SMILES string of the molecule is CC[C@@H](C)NC1=C(C(N)=O)S(=O)(=O)c2ccccc21. The molecule has 102 valence electrons. The second-order valence-corrected chi connectivity index (χ2v) is 6.38. The maximum absolute atomic E-state index is 12.3. The zero-order chi connectivity index (χ0) is 14.2. The number of sulfone groups is 1. The van der Waals surface area contributed by atoms with Crippen LogP contribution >= 0.6 is 0 Å². The average molecular weight is 280 g/mol. The molecule has 1 aliphatic heterocycles. The van der Waals surface area contributed by atoms with Crippen LogP contribution in [0.25, 0.3) is 5.70 Å². The fourth-order valence-electron chi connectivity index (χ4n) is 2.02. The first-order valence-corrected chi connectivity index (χ1v) is 7.53. The van der Waals surface area contributed by atoms with Crippen molar-refractivity contribution in [3.63, 3.8) is 0 Å². The number of amides is 1. The number of carbonyl (C=O) groups excluding carboxylic acids is 1. The van der Waals surface area contributed by atoms with Crippen LogP contribution in [0.5, 0.6) is 0 Å². The number of nitrogens with one attached hydrogen (secondary N) is 1.